The molecule has 0 aliphatic carbocycles. The van der Waals surface area contributed by atoms with Gasteiger partial charge in [-0.2, -0.15) is 0 Å². The fraction of sp³-hybridized carbons (Fsp3) is 0. The van der Waals surface area contributed by atoms with Gasteiger partial charge in [0.05, 0.1) is 11.0 Å². The Morgan fingerprint density at radius 3 is 1.71 bits per heavy atom. The smallest absolute Gasteiger partial charge is 0.145 e. The van der Waals surface area contributed by atoms with Crippen molar-refractivity contribution in [2.45, 2.75) is 0 Å². The third-order valence-corrected chi connectivity index (χ3v) is 9.12. The van der Waals surface area contributed by atoms with Crippen LogP contribution >= 0.6 is 0 Å². The maximum atomic E-state index is 5.27. The van der Waals surface area contributed by atoms with Gasteiger partial charge in [0.25, 0.3) is 0 Å². The molecule has 9 rings (SSSR count). The lowest BCUT2D eigenvalue weighted by Gasteiger charge is -2.26. The summed E-state index contributed by atoms with van der Waals surface area (Å²) in [5, 5.41) is 4.88. The molecule has 0 aliphatic rings. The van der Waals surface area contributed by atoms with E-state index in [1.54, 1.807) is 0 Å². The number of nitrogens with zero attached hydrogens (tertiary/aromatic N) is 3. The minimum absolute atomic E-state index is 0.910. The van der Waals surface area contributed by atoms with Crippen molar-refractivity contribution < 1.29 is 0 Å². The van der Waals surface area contributed by atoms with Gasteiger partial charge < -0.3 is 4.90 Å². The van der Waals surface area contributed by atoms with Crippen molar-refractivity contribution in [1.29, 1.82) is 0 Å². The molecule has 3 heteroatoms. The first-order chi connectivity index (χ1) is 23.8. The summed E-state index contributed by atoms with van der Waals surface area (Å²) in [6.07, 6.45) is 0. The second kappa shape index (κ2) is 11.7. The predicted octanol–water partition coefficient (Wildman–Crippen LogP) is 12.1. The fourth-order valence-corrected chi connectivity index (χ4v) is 6.78. The largest absolute Gasteiger partial charge is 0.310 e. The van der Waals surface area contributed by atoms with Crippen LogP contribution in [0, 0.1) is 0 Å². The number of para-hydroxylation sites is 2. The summed E-state index contributed by atoms with van der Waals surface area (Å²) in [6.45, 7) is 0. The highest BCUT2D eigenvalue weighted by atomic mass is 15.1. The molecule has 0 saturated heterocycles. The molecule has 0 radical (unpaired) electrons. The molecular formula is C45H31N3. The van der Waals surface area contributed by atoms with Gasteiger partial charge in [-0.3, -0.25) is 4.57 Å². The molecule has 1 heterocycles. The van der Waals surface area contributed by atoms with Crippen LogP contribution in [0.5, 0.6) is 0 Å². The van der Waals surface area contributed by atoms with Crippen molar-refractivity contribution in [3.63, 3.8) is 0 Å². The Kier molecular flexibility index (Phi) is 6.80. The Labute approximate surface area is 279 Å². The molecule has 8 aromatic carbocycles. The summed E-state index contributed by atoms with van der Waals surface area (Å²) in [4.78, 5) is 7.58. The molecule has 48 heavy (non-hydrogen) atoms. The van der Waals surface area contributed by atoms with Crippen molar-refractivity contribution in [3.8, 4) is 28.2 Å². The van der Waals surface area contributed by atoms with Crippen molar-refractivity contribution in [3.05, 3.63) is 188 Å². The molecule has 0 atom stereocenters. The van der Waals surface area contributed by atoms with Crippen molar-refractivity contribution in [2.24, 2.45) is 0 Å². The Balaban J connectivity index is 1.17. The summed E-state index contributed by atoms with van der Waals surface area (Å²) < 4.78 is 2.28. The van der Waals surface area contributed by atoms with E-state index in [-0.39, 0.29) is 0 Å². The lowest BCUT2D eigenvalue weighted by molar-refractivity contribution is 1.10. The number of fused-ring (bicyclic) bond motifs is 3. The molecule has 3 nitrogen and oxygen atoms in total. The van der Waals surface area contributed by atoms with Crippen LogP contribution in [0.15, 0.2) is 188 Å². The number of benzene rings is 8. The lowest BCUT2D eigenvalue weighted by Crippen LogP contribution is -2.10. The van der Waals surface area contributed by atoms with E-state index >= 15 is 0 Å². The third-order valence-electron chi connectivity index (χ3n) is 9.12. The molecular weight excluding hydrogens is 583 g/mol. The minimum atomic E-state index is 0.910. The van der Waals surface area contributed by atoms with Gasteiger partial charge >= 0.3 is 0 Å². The molecule has 0 saturated carbocycles. The van der Waals surface area contributed by atoms with Gasteiger partial charge in [-0.25, -0.2) is 4.98 Å². The summed E-state index contributed by atoms with van der Waals surface area (Å²) in [5.74, 6) is 0.910. The Hall–Kier alpha value is -6.45. The van der Waals surface area contributed by atoms with E-state index in [4.69, 9.17) is 4.98 Å². The van der Waals surface area contributed by atoms with E-state index in [1.807, 2.05) is 0 Å². The maximum absolute atomic E-state index is 5.27. The molecule has 0 fully saturated rings. The second-order valence-corrected chi connectivity index (χ2v) is 12.1. The van der Waals surface area contributed by atoms with Crippen LogP contribution in [0.2, 0.25) is 0 Å². The monoisotopic (exact) mass is 613 g/mol. The first-order valence-corrected chi connectivity index (χ1v) is 16.3. The lowest BCUT2D eigenvalue weighted by atomic mass is 10.0. The minimum Gasteiger partial charge on any atom is -0.310 e. The number of aromatic nitrogens is 2. The molecule has 1 aromatic heterocycles. The number of anilines is 3. The van der Waals surface area contributed by atoms with Gasteiger partial charge in [-0.15, -0.1) is 0 Å². The van der Waals surface area contributed by atoms with Crippen LogP contribution in [-0.2, 0) is 0 Å². The summed E-state index contributed by atoms with van der Waals surface area (Å²) in [5.41, 5.74) is 9.84. The first-order valence-electron chi connectivity index (χ1n) is 16.3. The van der Waals surface area contributed by atoms with Gasteiger partial charge in [-0.05, 0) is 99.4 Å². The zero-order valence-corrected chi connectivity index (χ0v) is 26.2. The van der Waals surface area contributed by atoms with Gasteiger partial charge in [0.1, 0.15) is 5.82 Å². The first kappa shape index (κ1) is 27.8. The number of imidazole rings is 1. The van der Waals surface area contributed by atoms with Crippen LogP contribution in [-0.4, -0.2) is 9.55 Å². The highest BCUT2D eigenvalue weighted by Gasteiger charge is 2.18. The molecule has 0 spiro atoms. The molecule has 0 unspecified atom stereocenters. The van der Waals surface area contributed by atoms with Crippen LogP contribution in [0.25, 0.3) is 60.8 Å². The summed E-state index contributed by atoms with van der Waals surface area (Å²) >= 11 is 0. The molecule has 0 amide bonds. The van der Waals surface area contributed by atoms with Crippen molar-refractivity contribution >= 4 is 49.6 Å². The van der Waals surface area contributed by atoms with Crippen LogP contribution < -0.4 is 4.90 Å². The zero-order valence-electron chi connectivity index (χ0n) is 26.2. The molecule has 9 aromatic rings. The standard InChI is InChI=1S/C45H31N3/c1-3-17-39(18-4-1)47(41-26-24-33(25-27-41)37-23-22-32-12-7-8-13-34(32)28-37)42-21-11-16-38(29-42)45-46-43-30-35-14-9-10-15-36(35)31-44(43)48(45)40-19-5-2-6-20-40/h1-31H. The second-order valence-electron chi connectivity index (χ2n) is 12.1. The SMILES string of the molecule is c1ccc(N(c2ccc(-c3ccc4ccccc4c3)cc2)c2cccc(-c3nc4cc5ccccc5cc4n3-c3ccccc3)c2)cc1. The average molecular weight is 614 g/mol. The maximum Gasteiger partial charge on any atom is 0.145 e. The molecule has 0 aliphatic heterocycles. The van der Waals surface area contributed by atoms with Crippen molar-refractivity contribution in [2.75, 3.05) is 4.90 Å². The molecule has 0 N–H and O–H groups in total. The van der Waals surface area contributed by atoms with Gasteiger partial charge in [-0.1, -0.05) is 121 Å². The number of hydrogen-bond donors (Lipinski definition) is 0. The summed E-state index contributed by atoms with van der Waals surface area (Å²) in [7, 11) is 0. The Morgan fingerprint density at radius 2 is 0.958 bits per heavy atom. The van der Waals surface area contributed by atoms with Crippen LogP contribution in [0.3, 0.4) is 0 Å². The topological polar surface area (TPSA) is 21.1 Å². The Bertz CT molecular complexity index is 2550. The highest BCUT2D eigenvalue weighted by Crippen LogP contribution is 2.39. The quantitative estimate of drug-likeness (QED) is 0.186. The van der Waals surface area contributed by atoms with Crippen molar-refractivity contribution in [1.82, 2.24) is 9.55 Å². The van der Waals surface area contributed by atoms with E-state index in [0.29, 0.717) is 0 Å². The zero-order chi connectivity index (χ0) is 31.9. The molecule has 226 valence electrons. The van der Waals surface area contributed by atoms with E-state index in [1.165, 1.54) is 32.7 Å². The average Bonchev–Trinajstić information content (AvgIpc) is 3.53. The third kappa shape index (κ3) is 4.99. The van der Waals surface area contributed by atoms with E-state index in [0.717, 1.165) is 45.2 Å². The highest BCUT2D eigenvalue weighted by molar-refractivity contribution is 5.97. The van der Waals surface area contributed by atoms with Gasteiger partial charge in [0, 0.05) is 28.3 Å². The number of rotatable bonds is 6. The van der Waals surface area contributed by atoms with Crippen LogP contribution in [0.1, 0.15) is 0 Å². The summed E-state index contributed by atoms with van der Waals surface area (Å²) in [6, 6.07) is 66.8. The number of hydrogen-bond acceptors (Lipinski definition) is 2. The predicted molar refractivity (Wildman–Crippen MR) is 202 cm³/mol. The Morgan fingerprint density at radius 1 is 0.375 bits per heavy atom. The van der Waals surface area contributed by atoms with Gasteiger partial charge in [0.15, 0.2) is 0 Å². The van der Waals surface area contributed by atoms with E-state index in [9.17, 15) is 0 Å². The fourth-order valence-electron chi connectivity index (χ4n) is 6.78. The molecule has 0 bridgehead atoms. The van der Waals surface area contributed by atoms with E-state index in [2.05, 4.69) is 198 Å². The van der Waals surface area contributed by atoms with Crippen LogP contribution in [0.4, 0.5) is 17.1 Å². The van der Waals surface area contributed by atoms with E-state index < -0.39 is 0 Å². The normalized spacial score (nSPS) is 11.3. The van der Waals surface area contributed by atoms with Gasteiger partial charge in [0.2, 0.25) is 0 Å².